The van der Waals surface area contributed by atoms with Crippen LogP contribution in [0.15, 0.2) is 34.5 Å². The van der Waals surface area contributed by atoms with Crippen LogP contribution < -0.4 is 10.5 Å². The van der Waals surface area contributed by atoms with Crippen molar-refractivity contribution in [1.29, 1.82) is 0 Å². The molecular formula is C10H12BrN3OS. The number of benzene rings is 1. The van der Waals surface area contributed by atoms with Gasteiger partial charge in [-0.1, -0.05) is 23.9 Å². The van der Waals surface area contributed by atoms with Crippen LogP contribution in [0.1, 0.15) is 5.56 Å². The summed E-state index contributed by atoms with van der Waals surface area (Å²) in [5, 5.41) is 8.42. The van der Waals surface area contributed by atoms with Crippen LogP contribution in [0.2, 0.25) is 0 Å². The van der Waals surface area contributed by atoms with Gasteiger partial charge in [0.05, 0.1) is 12.8 Å². The van der Waals surface area contributed by atoms with E-state index < -0.39 is 0 Å². The van der Waals surface area contributed by atoms with Crippen LogP contribution in [0.25, 0.3) is 0 Å². The molecule has 0 atom stereocenters. The van der Waals surface area contributed by atoms with Crippen LogP contribution in [0.3, 0.4) is 0 Å². The van der Waals surface area contributed by atoms with Crippen molar-refractivity contribution in [2.45, 2.75) is 0 Å². The summed E-state index contributed by atoms with van der Waals surface area (Å²) in [7, 11) is 1.65. The normalized spacial score (nSPS) is 14.6. The molecule has 2 rings (SSSR count). The van der Waals surface area contributed by atoms with Crippen LogP contribution >= 0.6 is 28.7 Å². The summed E-state index contributed by atoms with van der Waals surface area (Å²) >= 11 is 1.49. The molecule has 0 aliphatic carbocycles. The molecule has 0 radical (unpaired) electrons. The Hall–Kier alpha value is -1.01. The summed E-state index contributed by atoms with van der Waals surface area (Å²) in [5.74, 6) is 1.57. The Balaban J connectivity index is 0.00000128. The lowest BCUT2D eigenvalue weighted by Gasteiger charge is -2.09. The highest BCUT2D eigenvalue weighted by atomic mass is 79.9. The quantitative estimate of drug-likeness (QED) is 0.909. The van der Waals surface area contributed by atoms with E-state index in [9.17, 15) is 0 Å². The maximum absolute atomic E-state index is 5.51. The lowest BCUT2D eigenvalue weighted by molar-refractivity contribution is 0.414. The highest BCUT2D eigenvalue weighted by molar-refractivity contribution is 8.93. The first-order chi connectivity index (χ1) is 7.29. The van der Waals surface area contributed by atoms with Crippen LogP contribution in [-0.4, -0.2) is 23.7 Å². The van der Waals surface area contributed by atoms with Crippen LogP contribution in [0.5, 0.6) is 5.75 Å². The molecule has 0 aromatic heterocycles. The number of rotatable bonds is 2. The number of hydrogen-bond acceptors (Lipinski definition) is 5. The minimum absolute atomic E-state index is 0. The standard InChI is InChI=1S/C10H11N3OS.BrH/c1-14-8-4-2-3-7(5-8)9-6-15-10(11)13-12-9;/h2-5H,6H2,1H3,(H2,11,13);1H. The van der Waals surface area contributed by atoms with Gasteiger partial charge >= 0.3 is 0 Å². The lowest BCUT2D eigenvalue weighted by atomic mass is 10.1. The van der Waals surface area contributed by atoms with E-state index in [0.717, 1.165) is 22.8 Å². The Morgan fingerprint density at radius 2 is 2.19 bits per heavy atom. The molecule has 0 saturated heterocycles. The summed E-state index contributed by atoms with van der Waals surface area (Å²) in [6, 6.07) is 7.76. The molecule has 0 fully saturated rings. The summed E-state index contributed by atoms with van der Waals surface area (Å²) in [6.45, 7) is 0. The zero-order chi connectivity index (χ0) is 10.7. The predicted octanol–water partition coefficient (Wildman–Crippen LogP) is 2.04. The van der Waals surface area contributed by atoms with E-state index in [0.29, 0.717) is 5.17 Å². The number of halogens is 1. The van der Waals surface area contributed by atoms with Crippen molar-refractivity contribution in [2.75, 3.05) is 12.9 Å². The Kier molecular flexibility index (Phi) is 4.82. The number of ether oxygens (including phenoxy) is 1. The molecule has 0 amide bonds. The zero-order valence-electron chi connectivity index (χ0n) is 8.71. The first-order valence-corrected chi connectivity index (χ1v) is 5.45. The topological polar surface area (TPSA) is 60.0 Å². The molecule has 1 aromatic carbocycles. The minimum atomic E-state index is 0. The molecule has 0 unspecified atom stereocenters. The van der Waals surface area contributed by atoms with E-state index in [1.165, 1.54) is 11.8 Å². The minimum Gasteiger partial charge on any atom is -0.497 e. The van der Waals surface area contributed by atoms with Gasteiger partial charge in [-0.25, -0.2) is 0 Å². The van der Waals surface area contributed by atoms with Crippen molar-refractivity contribution in [3.8, 4) is 5.75 Å². The Morgan fingerprint density at radius 3 is 2.81 bits per heavy atom. The Bertz CT molecular complexity index is 434. The molecule has 2 N–H and O–H groups in total. The highest BCUT2D eigenvalue weighted by Crippen LogP contribution is 2.17. The average molecular weight is 302 g/mol. The lowest BCUT2D eigenvalue weighted by Crippen LogP contribution is -2.16. The smallest absolute Gasteiger partial charge is 0.180 e. The molecule has 4 nitrogen and oxygen atoms in total. The molecule has 1 heterocycles. The second-order valence-electron chi connectivity index (χ2n) is 3.01. The fraction of sp³-hybridized carbons (Fsp3) is 0.200. The van der Waals surface area contributed by atoms with Crippen LogP contribution in [-0.2, 0) is 0 Å². The molecule has 0 bridgehead atoms. The highest BCUT2D eigenvalue weighted by Gasteiger charge is 2.10. The fourth-order valence-electron chi connectivity index (χ4n) is 1.25. The van der Waals surface area contributed by atoms with Gasteiger partial charge in [-0.2, -0.15) is 5.10 Å². The second kappa shape index (κ2) is 5.91. The molecule has 6 heteroatoms. The summed E-state index contributed by atoms with van der Waals surface area (Å²) in [4.78, 5) is 0. The van der Waals surface area contributed by atoms with E-state index >= 15 is 0 Å². The summed E-state index contributed by atoms with van der Waals surface area (Å²) in [5.41, 5.74) is 7.46. The van der Waals surface area contributed by atoms with Crippen molar-refractivity contribution in [1.82, 2.24) is 0 Å². The molecule has 1 aliphatic rings. The average Bonchev–Trinajstić information content (AvgIpc) is 2.30. The monoisotopic (exact) mass is 301 g/mol. The van der Waals surface area contributed by atoms with E-state index in [2.05, 4.69) is 10.2 Å². The zero-order valence-corrected chi connectivity index (χ0v) is 11.2. The SMILES string of the molecule is Br.COc1cccc(C2=NN=C(N)SC2)c1. The van der Waals surface area contributed by atoms with Crippen LogP contribution in [0, 0.1) is 0 Å². The van der Waals surface area contributed by atoms with E-state index in [1.807, 2.05) is 24.3 Å². The molecular weight excluding hydrogens is 290 g/mol. The van der Waals surface area contributed by atoms with Gasteiger partial charge in [-0.05, 0) is 12.1 Å². The first-order valence-electron chi connectivity index (χ1n) is 4.47. The molecule has 0 saturated carbocycles. The van der Waals surface area contributed by atoms with Crippen molar-refractivity contribution in [3.05, 3.63) is 29.8 Å². The van der Waals surface area contributed by atoms with Gasteiger partial charge in [0.1, 0.15) is 5.75 Å². The summed E-state index contributed by atoms with van der Waals surface area (Å²) in [6.07, 6.45) is 0. The predicted molar refractivity (Wildman–Crippen MR) is 73.9 cm³/mol. The number of nitrogens with two attached hydrogens (primary N) is 1. The molecule has 16 heavy (non-hydrogen) atoms. The van der Waals surface area contributed by atoms with Crippen molar-refractivity contribution < 1.29 is 4.74 Å². The van der Waals surface area contributed by atoms with Gasteiger partial charge in [0.15, 0.2) is 5.17 Å². The Labute approximate surface area is 109 Å². The third-order valence-corrected chi connectivity index (χ3v) is 2.82. The van der Waals surface area contributed by atoms with Crippen molar-refractivity contribution in [2.24, 2.45) is 15.9 Å². The Morgan fingerprint density at radius 1 is 1.38 bits per heavy atom. The molecule has 0 spiro atoms. The molecule has 1 aliphatic heterocycles. The van der Waals surface area contributed by atoms with E-state index in [-0.39, 0.29) is 17.0 Å². The number of nitrogens with zero attached hydrogens (tertiary/aromatic N) is 2. The maximum atomic E-state index is 5.51. The van der Waals surface area contributed by atoms with Crippen LogP contribution in [0.4, 0.5) is 0 Å². The third kappa shape index (κ3) is 2.99. The molecule has 86 valence electrons. The number of thioether (sulfide) groups is 1. The van der Waals surface area contributed by atoms with E-state index in [4.69, 9.17) is 10.5 Å². The maximum Gasteiger partial charge on any atom is 0.180 e. The summed E-state index contributed by atoms with van der Waals surface area (Å²) < 4.78 is 5.14. The van der Waals surface area contributed by atoms with Crippen molar-refractivity contribution in [3.63, 3.8) is 0 Å². The second-order valence-corrected chi connectivity index (χ2v) is 4.00. The third-order valence-electron chi connectivity index (χ3n) is 2.03. The van der Waals surface area contributed by atoms with Gasteiger partial charge in [-0.15, -0.1) is 22.1 Å². The van der Waals surface area contributed by atoms with Gasteiger partial charge in [0, 0.05) is 11.3 Å². The first kappa shape index (κ1) is 13.1. The van der Waals surface area contributed by atoms with E-state index in [1.54, 1.807) is 7.11 Å². The largest absolute Gasteiger partial charge is 0.497 e. The number of amidine groups is 1. The number of methoxy groups -OCH3 is 1. The number of hydrogen-bond donors (Lipinski definition) is 1. The fourth-order valence-corrected chi connectivity index (χ4v) is 1.86. The van der Waals surface area contributed by atoms with Gasteiger partial charge < -0.3 is 10.5 Å². The van der Waals surface area contributed by atoms with Gasteiger partial charge in [-0.3, -0.25) is 0 Å². The van der Waals surface area contributed by atoms with Gasteiger partial charge in [0.2, 0.25) is 0 Å². The van der Waals surface area contributed by atoms with Crippen molar-refractivity contribution >= 4 is 39.6 Å². The molecule has 1 aromatic rings. The van der Waals surface area contributed by atoms with Gasteiger partial charge in [0.25, 0.3) is 0 Å².